The number of hydrogen-bond acceptors (Lipinski definition) is 5. The third-order valence-corrected chi connectivity index (χ3v) is 4.36. The number of amides is 1. The van der Waals surface area contributed by atoms with Crippen LogP contribution in [0.2, 0.25) is 0 Å². The Morgan fingerprint density at radius 1 is 1.40 bits per heavy atom. The highest BCUT2D eigenvalue weighted by Crippen LogP contribution is 2.27. The Morgan fingerprint density at radius 3 is 2.85 bits per heavy atom. The van der Waals surface area contributed by atoms with Crippen LogP contribution in [0, 0.1) is 5.92 Å². The van der Waals surface area contributed by atoms with Crippen LogP contribution >= 0.6 is 11.3 Å². The van der Waals surface area contributed by atoms with Gasteiger partial charge in [0.25, 0.3) is 0 Å². The summed E-state index contributed by atoms with van der Waals surface area (Å²) in [5, 5.41) is 5.15. The van der Waals surface area contributed by atoms with Crippen molar-refractivity contribution in [2.75, 3.05) is 12.4 Å². The maximum Gasteiger partial charge on any atom is 0.311 e. The smallest absolute Gasteiger partial charge is 0.311 e. The fourth-order valence-electron chi connectivity index (χ4n) is 2.49. The highest BCUT2D eigenvalue weighted by molar-refractivity contribution is 7.13. The van der Waals surface area contributed by atoms with E-state index in [0.717, 1.165) is 12.8 Å². The van der Waals surface area contributed by atoms with E-state index in [2.05, 4.69) is 15.0 Å². The molecule has 0 bridgehead atoms. The number of anilines is 1. The zero-order valence-electron chi connectivity index (χ0n) is 11.7. The van der Waals surface area contributed by atoms with Gasteiger partial charge in [0.1, 0.15) is 0 Å². The summed E-state index contributed by atoms with van der Waals surface area (Å²) >= 11 is 1.34. The number of carbonyl (C=O) groups excluding carboxylic acids is 2. The van der Waals surface area contributed by atoms with Gasteiger partial charge in [-0.3, -0.25) is 9.59 Å². The van der Waals surface area contributed by atoms with Gasteiger partial charge in [-0.1, -0.05) is 19.3 Å². The van der Waals surface area contributed by atoms with Crippen molar-refractivity contribution in [3.63, 3.8) is 0 Å². The van der Waals surface area contributed by atoms with E-state index in [1.165, 1.54) is 37.7 Å². The topological polar surface area (TPSA) is 68.3 Å². The van der Waals surface area contributed by atoms with Crippen molar-refractivity contribution in [1.29, 1.82) is 0 Å². The molecule has 20 heavy (non-hydrogen) atoms. The van der Waals surface area contributed by atoms with Crippen LogP contribution in [0.15, 0.2) is 5.38 Å². The van der Waals surface area contributed by atoms with Gasteiger partial charge >= 0.3 is 5.97 Å². The quantitative estimate of drug-likeness (QED) is 0.848. The molecule has 1 aromatic heterocycles. The lowest BCUT2D eigenvalue weighted by Crippen LogP contribution is -2.18. The Bertz CT molecular complexity index is 467. The largest absolute Gasteiger partial charge is 0.469 e. The van der Waals surface area contributed by atoms with Gasteiger partial charge in [0, 0.05) is 11.8 Å². The average Bonchev–Trinajstić information content (AvgIpc) is 2.86. The number of methoxy groups -OCH3 is 1. The number of nitrogens with zero attached hydrogens (tertiary/aromatic N) is 1. The maximum absolute atomic E-state index is 11.9. The lowest BCUT2D eigenvalue weighted by Gasteiger charge is -2.20. The van der Waals surface area contributed by atoms with Crippen molar-refractivity contribution in [2.24, 2.45) is 5.92 Å². The van der Waals surface area contributed by atoms with Gasteiger partial charge in [0.05, 0.1) is 19.2 Å². The van der Waals surface area contributed by atoms with Crippen molar-refractivity contribution in [1.82, 2.24) is 4.98 Å². The van der Waals surface area contributed by atoms with Crippen LogP contribution in [0.1, 0.15) is 44.2 Å². The van der Waals surface area contributed by atoms with Crippen molar-refractivity contribution in [3.05, 3.63) is 11.1 Å². The van der Waals surface area contributed by atoms with Crippen LogP contribution in [0.25, 0.3) is 0 Å². The Kier molecular flexibility index (Phi) is 5.52. The molecule has 1 aromatic rings. The first-order chi connectivity index (χ1) is 9.67. The fraction of sp³-hybridized carbons (Fsp3) is 0.643. The summed E-state index contributed by atoms with van der Waals surface area (Å²) in [7, 11) is 1.35. The second-order valence-corrected chi connectivity index (χ2v) is 6.01. The number of carbonyl (C=O) groups is 2. The second kappa shape index (κ2) is 7.38. The molecular formula is C14H20N2O3S. The van der Waals surface area contributed by atoms with Crippen LogP contribution in [-0.2, 0) is 20.7 Å². The van der Waals surface area contributed by atoms with E-state index in [9.17, 15) is 9.59 Å². The number of thiazole rings is 1. The summed E-state index contributed by atoms with van der Waals surface area (Å²) in [5.41, 5.74) is 0.634. The molecular weight excluding hydrogens is 276 g/mol. The molecule has 1 amide bonds. The highest BCUT2D eigenvalue weighted by Gasteiger charge is 2.18. The van der Waals surface area contributed by atoms with E-state index in [0.29, 0.717) is 23.2 Å². The standard InChI is InChI=1S/C14H20N2O3S/c1-19-13(18)8-11-9-20-14(15-11)16-12(17)7-10-5-3-2-4-6-10/h9-10H,2-8H2,1H3,(H,15,16,17). The molecule has 6 heteroatoms. The normalized spacial score (nSPS) is 15.8. The molecule has 0 aromatic carbocycles. The predicted molar refractivity (Wildman–Crippen MR) is 77.7 cm³/mol. The summed E-state index contributed by atoms with van der Waals surface area (Å²) in [6, 6.07) is 0. The lowest BCUT2D eigenvalue weighted by molar-refractivity contribution is -0.139. The van der Waals surface area contributed by atoms with E-state index in [1.807, 2.05) is 0 Å². The van der Waals surface area contributed by atoms with E-state index >= 15 is 0 Å². The fourth-order valence-corrected chi connectivity index (χ4v) is 3.22. The molecule has 2 rings (SSSR count). The lowest BCUT2D eigenvalue weighted by atomic mass is 9.87. The number of nitrogens with one attached hydrogen (secondary N) is 1. The number of rotatable bonds is 5. The minimum Gasteiger partial charge on any atom is -0.469 e. The first-order valence-corrected chi connectivity index (χ1v) is 7.86. The third-order valence-electron chi connectivity index (χ3n) is 3.55. The predicted octanol–water partition coefficient (Wildman–Crippen LogP) is 2.77. The highest BCUT2D eigenvalue weighted by atomic mass is 32.1. The van der Waals surface area contributed by atoms with Gasteiger partial charge in [0.2, 0.25) is 5.91 Å². The number of aromatic nitrogens is 1. The van der Waals surface area contributed by atoms with Crippen molar-refractivity contribution < 1.29 is 14.3 Å². The van der Waals surface area contributed by atoms with E-state index in [1.54, 1.807) is 5.38 Å². The molecule has 0 spiro atoms. The van der Waals surface area contributed by atoms with Crippen molar-refractivity contribution >= 4 is 28.3 Å². The van der Waals surface area contributed by atoms with Crippen LogP contribution in [-0.4, -0.2) is 24.0 Å². The Hall–Kier alpha value is -1.43. The first kappa shape index (κ1) is 15.0. The summed E-state index contributed by atoms with van der Waals surface area (Å²) in [6.07, 6.45) is 6.79. The molecule has 5 nitrogen and oxygen atoms in total. The van der Waals surface area contributed by atoms with Gasteiger partial charge in [-0.05, 0) is 18.8 Å². The zero-order valence-corrected chi connectivity index (χ0v) is 12.5. The molecule has 0 radical (unpaired) electrons. The molecule has 1 fully saturated rings. The number of ether oxygens (including phenoxy) is 1. The molecule has 1 N–H and O–H groups in total. The monoisotopic (exact) mass is 296 g/mol. The summed E-state index contributed by atoms with van der Waals surface area (Å²) in [4.78, 5) is 27.3. The zero-order chi connectivity index (χ0) is 14.4. The molecule has 1 aliphatic carbocycles. The average molecular weight is 296 g/mol. The minimum atomic E-state index is -0.324. The molecule has 1 aliphatic rings. The molecule has 1 saturated carbocycles. The molecule has 0 aliphatic heterocycles. The molecule has 0 unspecified atom stereocenters. The molecule has 0 saturated heterocycles. The molecule has 110 valence electrons. The molecule has 1 heterocycles. The van der Waals surface area contributed by atoms with Gasteiger partial charge < -0.3 is 10.1 Å². The van der Waals surface area contributed by atoms with Crippen LogP contribution < -0.4 is 5.32 Å². The van der Waals surface area contributed by atoms with Crippen molar-refractivity contribution in [2.45, 2.75) is 44.9 Å². The van der Waals surface area contributed by atoms with Gasteiger partial charge in [-0.2, -0.15) is 0 Å². The van der Waals surface area contributed by atoms with E-state index in [4.69, 9.17) is 0 Å². The van der Waals surface area contributed by atoms with Crippen molar-refractivity contribution in [3.8, 4) is 0 Å². The summed E-state index contributed by atoms with van der Waals surface area (Å²) < 4.78 is 4.58. The van der Waals surface area contributed by atoms with Crippen LogP contribution in [0.3, 0.4) is 0 Å². The van der Waals surface area contributed by atoms with Crippen LogP contribution in [0.5, 0.6) is 0 Å². The van der Waals surface area contributed by atoms with Crippen LogP contribution in [0.4, 0.5) is 5.13 Å². The van der Waals surface area contributed by atoms with Gasteiger partial charge in [0.15, 0.2) is 5.13 Å². The Balaban J connectivity index is 1.80. The molecule has 0 atom stereocenters. The minimum absolute atomic E-state index is 0.0240. The van der Waals surface area contributed by atoms with E-state index < -0.39 is 0 Å². The maximum atomic E-state index is 11.9. The van der Waals surface area contributed by atoms with Gasteiger partial charge in [-0.25, -0.2) is 4.98 Å². The Labute approximate surface area is 122 Å². The second-order valence-electron chi connectivity index (χ2n) is 5.15. The summed E-state index contributed by atoms with van der Waals surface area (Å²) in [5.74, 6) is 0.213. The third kappa shape index (κ3) is 4.59. The van der Waals surface area contributed by atoms with Gasteiger partial charge in [-0.15, -0.1) is 11.3 Å². The van der Waals surface area contributed by atoms with E-state index in [-0.39, 0.29) is 18.3 Å². The number of esters is 1. The summed E-state index contributed by atoms with van der Waals surface area (Å²) in [6.45, 7) is 0. The first-order valence-electron chi connectivity index (χ1n) is 6.98. The number of hydrogen-bond donors (Lipinski definition) is 1. The Morgan fingerprint density at radius 2 is 2.15 bits per heavy atom. The SMILES string of the molecule is COC(=O)Cc1csc(NC(=O)CC2CCCCC2)n1.